The number of amides is 2. The summed E-state index contributed by atoms with van der Waals surface area (Å²) in [6.45, 7) is 0. The average molecular weight is 539 g/mol. The van der Waals surface area contributed by atoms with E-state index in [9.17, 15) is 14.4 Å². The largest absolute Gasteiger partial charge is 0.493 e. The highest BCUT2D eigenvalue weighted by Crippen LogP contribution is 2.32. The number of carbonyl (C=O) groups excluding carboxylic acids is 3. The van der Waals surface area contributed by atoms with Crippen LogP contribution in [-0.2, 0) is 4.79 Å². The van der Waals surface area contributed by atoms with Gasteiger partial charge >= 0.3 is 0 Å². The molecule has 4 aromatic rings. The van der Waals surface area contributed by atoms with Crippen LogP contribution < -0.4 is 20.1 Å². The maximum Gasteiger partial charge on any atom is 0.272 e. The Kier molecular flexibility index (Phi) is 9.05. The summed E-state index contributed by atoms with van der Waals surface area (Å²) in [5, 5.41) is 7.43. The fraction of sp³-hybridized carbons (Fsp3) is 0.0645. The maximum atomic E-state index is 13.3. The number of anilines is 1. The van der Waals surface area contributed by atoms with Crippen molar-refractivity contribution < 1.29 is 23.9 Å². The Balaban J connectivity index is 1.57. The molecule has 7 nitrogen and oxygen atoms in total. The molecule has 0 saturated heterocycles. The fourth-order valence-corrected chi connectivity index (χ4v) is 4.30. The highest BCUT2D eigenvalue weighted by molar-refractivity contribution is 7.10. The van der Waals surface area contributed by atoms with Crippen LogP contribution in [0.15, 0.2) is 102 Å². The summed E-state index contributed by atoms with van der Waals surface area (Å²) in [6.07, 6.45) is 4.80. The number of carbonyl (C=O) groups is 3. The lowest BCUT2D eigenvalue weighted by Gasteiger charge is -2.14. The monoisotopic (exact) mass is 538 g/mol. The minimum absolute atomic E-state index is 0.00515. The van der Waals surface area contributed by atoms with Crippen molar-refractivity contribution in [2.24, 2.45) is 0 Å². The number of nitrogens with one attached hydrogen (secondary N) is 2. The van der Waals surface area contributed by atoms with E-state index < -0.39 is 11.8 Å². The molecule has 0 aliphatic heterocycles. The molecule has 2 N–H and O–H groups in total. The summed E-state index contributed by atoms with van der Waals surface area (Å²) in [4.78, 5) is 39.8. The molecule has 3 aromatic carbocycles. The molecule has 1 heterocycles. The number of para-hydroxylation sites is 1. The van der Waals surface area contributed by atoms with E-state index in [1.807, 2.05) is 17.5 Å². The third kappa shape index (κ3) is 7.09. The number of hydrogen-bond acceptors (Lipinski definition) is 6. The smallest absolute Gasteiger partial charge is 0.272 e. The van der Waals surface area contributed by atoms with Crippen molar-refractivity contribution >= 4 is 46.8 Å². The fourth-order valence-electron chi connectivity index (χ4n) is 3.68. The second kappa shape index (κ2) is 13.0. The Bertz CT molecular complexity index is 1510. The molecule has 196 valence electrons. The van der Waals surface area contributed by atoms with Crippen LogP contribution in [0, 0.1) is 0 Å². The van der Waals surface area contributed by atoms with Crippen molar-refractivity contribution in [3.05, 3.63) is 124 Å². The van der Waals surface area contributed by atoms with Gasteiger partial charge in [-0.25, -0.2) is 0 Å². The van der Waals surface area contributed by atoms with Crippen LogP contribution in [0.25, 0.3) is 12.2 Å². The molecule has 0 unspecified atom stereocenters. The second-order valence-electron chi connectivity index (χ2n) is 8.21. The van der Waals surface area contributed by atoms with Crippen LogP contribution >= 0.6 is 11.3 Å². The van der Waals surface area contributed by atoms with Crippen molar-refractivity contribution in [1.82, 2.24) is 5.32 Å². The van der Waals surface area contributed by atoms with Gasteiger partial charge < -0.3 is 20.1 Å². The van der Waals surface area contributed by atoms with Crippen molar-refractivity contribution in [2.45, 2.75) is 0 Å². The quantitative estimate of drug-likeness (QED) is 0.189. The maximum absolute atomic E-state index is 13.3. The first-order valence-electron chi connectivity index (χ1n) is 11.9. The van der Waals surface area contributed by atoms with E-state index in [-0.39, 0.29) is 11.5 Å². The van der Waals surface area contributed by atoms with Gasteiger partial charge in [0.05, 0.1) is 14.2 Å². The van der Waals surface area contributed by atoms with Crippen LogP contribution in [0.5, 0.6) is 11.5 Å². The number of hydrogen-bond donors (Lipinski definition) is 2. The van der Waals surface area contributed by atoms with E-state index in [0.29, 0.717) is 33.9 Å². The van der Waals surface area contributed by atoms with Crippen LogP contribution in [0.2, 0.25) is 0 Å². The van der Waals surface area contributed by atoms with E-state index in [1.54, 1.807) is 90.2 Å². The van der Waals surface area contributed by atoms with Gasteiger partial charge in [-0.05, 0) is 72.1 Å². The number of allylic oxidation sites excluding steroid dienone is 1. The van der Waals surface area contributed by atoms with Gasteiger partial charge in [0.15, 0.2) is 17.3 Å². The number of rotatable bonds is 10. The Hall–Kier alpha value is -4.95. The molecule has 0 saturated carbocycles. The standard InChI is InChI=1S/C31H26N2O5S/c1-37-28-12-6-10-23(29(28)38-2)20-26(33-30(35)22-8-4-3-5-9-22)31(36)32-24-15-13-21(14-16-24)27(34)18-17-25-11-7-19-39-25/h3-20H,1-2H3,(H,32,36)(H,33,35)/b18-17+,26-20-. The van der Waals surface area contributed by atoms with E-state index in [1.165, 1.54) is 26.4 Å². The Morgan fingerprint density at radius 1 is 0.795 bits per heavy atom. The summed E-state index contributed by atoms with van der Waals surface area (Å²) in [5.74, 6) is -0.258. The van der Waals surface area contributed by atoms with Crippen LogP contribution in [0.4, 0.5) is 5.69 Å². The second-order valence-corrected chi connectivity index (χ2v) is 9.18. The lowest BCUT2D eigenvalue weighted by Crippen LogP contribution is -2.30. The number of ketones is 1. The van der Waals surface area contributed by atoms with E-state index in [2.05, 4.69) is 10.6 Å². The molecule has 0 radical (unpaired) electrons. The lowest BCUT2D eigenvalue weighted by atomic mass is 10.1. The van der Waals surface area contributed by atoms with Gasteiger partial charge in [-0.1, -0.05) is 36.4 Å². The molecule has 1 aromatic heterocycles. The molecule has 0 atom stereocenters. The molecule has 0 aliphatic carbocycles. The van der Waals surface area contributed by atoms with Gasteiger partial charge in [-0.3, -0.25) is 14.4 Å². The molecule has 2 amide bonds. The molecule has 39 heavy (non-hydrogen) atoms. The zero-order valence-electron chi connectivity index (χ0n) is 21.3. The summed E-state index contributed by atoms with van der Waals surface area (Å²) < 4.78 is 10.8. The topological polar surface area (TPSA) is 93.7 Å². The van der Waals surface area contributed by atoms with Crippen molar-refractivity contribution in [3.63, 3.8) is 0 Å². The third-order valence-corrected chi connectivity index (χ3v) is 6.47. The van der Waals surface area contributed by atoms with Crippen molar-refractivity contribution in [3.8, 4) is 11.5 Å². The minimum atomic E-state index is -0.555. The first kappa shape index (κ1) is 27.1. The highest BCUT2D eigenvalue weighted by atomic mass is 32.1. The van der Waals surface area contributed by atoms with Crippen LogP contribution in [0.3, 0.4) is 0 Å². The number of benzene rings is 3. The first-order valence-corrected chi connectivity index (χ1v) is 12.8. The van der Waals surface area contributed by atoms with E-state index >= 15 is 0 Å². The number of thiophene rings is 1. The Labute approximate surface area is 230 Å². The SMILES string of the molecule is COc1cccc(/C=C(\NC(=O)c2ccccc2)C(=O)Nc2ccc(C(=O)/C=C/c3cccs3)cc2)c1OC. The minimum Gasteiger partial charge on any atom is -0.493 e. The number of methoxy groups -OCH3 is 2. The predicted molar refractivity (Wildman–Crippen MR) is 154 cm³/mol. The average Bonchev–Trinajstić information content (AvgIpc) is 3.50. The van der Waals surface area contributed by atoms with Gasteiger partial charge in [-0.15, -0.1) is 11.3 Å². The molecule has 0 aliphatic rings. The molecule has 0 bridgehead atoms. The van der Waals surface area contributed by atoms with Crippen molar-refractivity contribution in [2.75, 3.05) is 19.5 Å². The van der Waals surface area contributed by atoms with E-state index in [0.717, 1.165) is 4.88 Å². The molecular weight excluding hydrogens is 512 g/mol. The number of ether oxygens (including phenoxy) is 2. The normalized spacial score (nSPS) is 11.2. The van der Waals surface area contributed by atoms with Crippen molar-refractivity contribution in [1.29, 1.82) is 0 Å². The summed E-state index contributed by atoms with van der Waals surface area (Å²) in [5.41, 5.74) is 1.86. The Morgan fingerprint density at radius 3 is 2.23 bits per heavy atom. The predicted octanol–water partition coefficient (Wildman–Crippen LogP) is 6.07. The zero-order valence-corrected chi connectivity index (χ0v) is 22.2. The summed E-state index contributed by atoms with van der Waals surface area (Å²) >= 11 is 1.54. The van der Waals surface area contributed by atoms with Gasteiger partial charge in [0.25, 0.3) is 11.8 Å². The first-order chi connectivity index (χ1) is 19.0. The molecule has 8 heteroatoms. The highest BCUT2D eigenvalue weighted by Gasteiger charge is 2.17. The lowest BCUT2D eigenvalue weighted by molar-refractivity contribution is -0.113. The van der Waals surface area contributed by atoms with Gasteiger partial charge in [0.1, 0.15) is 5.70 Å². The summed E-state index contributed by atoms with van der Waals surface area (Å²) in [6, 6.07) is 24.2. The van der Waals surface area contributed by atoms with Gasteiger partial charge in [0.2, 0.25) is 0 Å². The van der Waals surface area contributed by atoms with E-state index in [4.69, 9.17) is 9.47 Å². The molecular formula is C31H26N2O5S. The van der Waals surface area contributed by atoms with Crippen LogP contribution in [0.1, 0.15) is 31.2 Å². The zero-order chi connectivity index (χ0) is 27.6. The molecule has 4 rings (SSSR count). The van der Waals surface area contributed by atoms with Gasteiger partial charge in [-0.2, -0.15) is 0 Å². The van der Waals surface area contributed by atoms with Gasteiger partial charge in [0, 0.05) is 27.3 Å². The van der Waals surface area contributed by atoms with Crippen LogP contribution in [-0.4, -0.2) is 31.8 Å². The molecule has 0 fully saturated rings. The molecule has 0 spiro atoms. The Morgan fingerprint density at radius 2 is 1.56 bits per heavy atom. The third-order valence-electron chi connectivity index (χ3n) is 5.63. The summed E-state index contributed by atoms with van der Waals surface area (Å²) in [7, 11) is 3.01.